The van der Waals surface area contributed by atoms with Crippen LogP contribution in [0.1, 0.15) is 21.0 Å². The molecule has 2 amide bonds. The zero-order valence-electron chi connectivity index (χ0n) is 13.5. The Morgan fingerprint density at radius 2 is 1.81 bits per heavy atom. The average Bonchev–Trinajstić information content (AvgIpc) is 3.29. The van der Waals surface area contributed by atoms with Crippen molar-refractivity contribution in [2.45, 2.75) is 0 Å². The minimum atomic E-state index is -0.689. The molecule has 0 aliphatic heterocycles. The molecule has 0 aliphatic carbocycles. The summed E-state index contributed by atoms with van der Waals surface area (Å²) in [7, 11) is 0. The summed E-state index contributed by atoms with van der Waals surface area (Å²) in [6.07, 6.45) is 1.64. The number of primary amides is 1. The van der Waals surface area contributed by atoms with Crippen molar-refractivity contribution in [1.82, 2.24) is 19.9 Å². The van der Waals surface area contributed by atoms with Gasteiger partial charge in [-0.2, -0.15) is 0 Å². The quantitative estimate of drug-likeness (QED) is 0.452. The molecular formula is C18H14N6O2. The van der Waals surface area contributed by atoms with E-state index in [1.807, 2.05) is 30.3 Å². The van der Waals surface area contributed by atoms with Crippen molar-refractivity contribution in [2.75, 3.05) is 5.32 Å². The average molecular weight is 346 g/mol. The maximum Gasteiger partial charge on any atom is 0.284 e. The van der Waals surface area contributed by atoms with Crippen LogP contribution in [-0.2, 0) is 0 Å². The smallest absolute Gasteiger partial charge is 0.284 e. The van der Waals surface area contributed by atoms with E-state index in [0.29, 0.717) is 22.5 Å². The fraction of sp³-hybridized carbons (Fsp3) is 0. The van der Waals surface area contributed by atoms with Gasteiger partial charge in [0.05, 0.1) is 23.0 Å². The summed E-state index contributed by atoms with van der Waals surface area (Å²) in [6.45, 7) is 0. The lowest BCUT2D eigenvalue weighted by atomic mass is 10.2. The van der Waals surface area contributed by atoms with Crippen LogP contribution in [0.25, 0.3) is 22.3 Å². The van der Waals surface area contributed by atoms with E-state index in [1.54, 1.807) is 24.4 Å². The van der Waals surface area contributed by atoms with Gasteiger partial charge in [0.25, 0.3) is 11.8 Å². The molecule has 0 fully saturated rings. The van der Waals surface area contributed by atoms with Crippen LogP contribution < -0.4 is 11.1 Å². The van der Waals surface area contributed by atoms with Crippen molar-refractivity contribution in [3.05, 3.63) is 66.1 Å². The Morgan fingerprint density at radius 3 is 2.58 bits per heavy atom. The van der Waals surface area contributed by atoms with Gasteiger partial charge in [0.2, 0.25) is 5.95 Å². The zero-order chi connectivity index (χ0) is 18.1. The van der Waals surface area contributed by atoms with E-state index in [2.05, 4.69) is 25.3 Å². The number of aromatic amines is 2. The van der Waals surface area contributed by atoms with Gasteiger partial charge in [0.15, 0.2) is 5.82 Å². The first-order valence-corrected chi connectivity index (χ1v) is 7.82. The summed E-state index contributed by atoms with van der Waals surface area (Å²) in [4.78, 5) is 38.0. The predicted octanol–water partition coefficient (Wildman–Crippen LogP) is 2.30. The molecule has 2 heterocycles. The highest BCUT2D eigenvalue weighted by Gasteiger charge is 2.16. The molecule has 0 saturated carbocycles. The SMILES string of the molecule is NC(=O)c1nc2c(C(=O)Nc3ncc(-c4ccccc4)[nH]3)cccc2[nH]1. The Hall–Kier alpha value is -3.94. The minimum absolute atomic E-state index is 0.00427. The van der Waals surface area contributed by atoms with Crippen molar-refractivity contribution in [2.24, 2.45) is 5.73 Å². The Labute approximate surface area is 147 Å². The van der Waals surface area contributed by atoms with Crippen molar-refractivity contribution in [1.29, 1.82) is 0 Å². The number of hydrogen-bond donors (Lipinski definition) is 4. The number of amides is 2. The Morgan fingerprint density at radius 1 is 1.00 bits per heavy atom. The molecule has 26 heavy (non-hydrogen) atoms. The molecule has 0 bridgehead atoms. The first-order chi connectivity index (χ1) is 12.6. The van der Waals surface area contributed by atoms with Gasteiger partial charge in [-0.25, -0.2) is 9.97 Å². The van der Waals surface area contributed by atoms with Crippen LogP contribution >= 0.6 is 0 Å². The summed E-state index contributed by atoms with van der Waals surface area (Å²) < 4.78 is 0. The highest BCUT2D eigenvalue weighted by Crippen LogP contribution is 2.20. The number of imidazole rings is 2. The lowest BCUT2D eigenvalue weighted by molar-refractivity contribution is 0.0989. The number of carbonyl (C=O) groups is 2. The summed E-state index contributed by atoms with van der Waals surface area (Å²) in [5.74, 6) is -0.765. The topological polar surface area (TPSA) is 130 Å². The number of H-pyrrole nitrogens is 2. The van der Waals surface area contributed by atoms with E-state index in [1.165, 1.54) is 0 Å². The molecule has 128 valence electrons. The lowest BCUT2D eigenvalue weighted by Gasteiger charge is -2.03. The Bertz CT molecular complexity index is 1110. The van der Waals surface area contributed by atoms with E-state index in [4.69, 9.17) is 5.73 Å². The summed E-state index contributed by atoms with van der Waals surface area (Å²) in [5.41, 5.74) is 8.21. The predicted molar refractivity (Wildman–Crippen MR) is 96.6 cm³/mol. The highest BCUT2D eigenvalue weighted by atomic mass is 16.2. The van der Waals surface area contributed by atoms with Crippen LogP contribution in [0, 0.1) is 0 Å². The van der Waals surface area contributed by atoms with Gasteiger partial charge in [0, 0.05) is 0 Å². The number of benzene rings is 2. The maximum atomic E-state index is 12.6. The number of rotatable bonds is 4. The van der Waals surface area contributed by atoms with Gasteiger partial charge < -0.3 is 15.7 Å². The first kappa shape index (κ1) is 15.6. The fourth-order valence-corrected chi connectivity index (χ4v) is 2.66. The molecule has 5 N–H and O–H groups in total. The molecule has 2 aromatic carbocycles. The van der Waals surface area contributed by atoms with Crippen LogP contribution in [0.4, 0.5) is 5.95 Å². The zero-order valence-corrected chi connectivity index (χ0v) is 13.5. The molecule has 2 aromatic heterocycles. The van der Waals surface area contributed by atoms with Gasteiger partial charge in [-0.1, -0.05) is 36.4 Å². The maximum absolute atomic E-state index is 12.6. The van der Waals surface area contributed by atoms with Crippen molar-refractivity contribution in [3.63, 3.8) is 0 Å². The fourth-order valence-electron chi connectivity index (χ4n) is 2.66. The third-order valence-electron chi connectivity index (χ3n) is 3.88. The number of nitrogens with two attached hydrogens (primary N) is 1. The lowest BCUT2D eigenvalue weighted by Crippen LogP contribution is -2.14. The van der Waals surface area contributed by atoms with E-state index in [-0.39, 0.29) is 5.82 Å². The molecule has 0 unspecified atom stereocenters. The van der Waals surface area contributed by atoms with Crippen LogP contribution in [-0.4, -0.2) is 31.8 Å². The van der Waals surface area contributed by atoms with Gasteiger partial charge in [-0.15, -0.1) is 0 Å². The van der Waals surface area contributed by atoms with E-state index in [9.17, 15) is 9.59 Å². The van der Waals surface area contributed by atoms with Crippen LogP contribution in [0.5, 0.6) is 0 Å². The van der Waals surface area contributed by atoms with Gasteiger partial charge in [-0.3, -0.25) is 14.9 Å². The molecule has 8 heteroatoms. The second-order valence-corrected chi connectivity index (χ2v) is 5.62. The van der Waals surface area contributed by atoms with Crippen LogP contribution in [0.2, 0.25) is 0 Å². The number of fused-ring (bicyclic) bond motifs is 1. The molecule has 4 aromatic rings. The van der Waals surface area contributed by atoms with Crippen molar-refractivity contribution >= 4 is 28.8 Å². The summed E-state index contributed by atoms with van der Waals surface area (Å²) >= 11 is 0. The molecule has 8 nitrogen and oxygen atoms in total. The number of hydrogen-bond acceptors (Lipinski definition) is 4. The normalized spacial score (nSPS) is 10.8. The largest absolute Gasteiger partial charge is 0.363 e. The van der Waals surface area contributed by atoms with Crippen molar-refractivity contribution < 1.29 is 9.59 Å². The first-order valence-electron chi connectivity index (χ1n) is 7.82. The molecule has 0 atom stereocenters. The standard InChI is InChI=1S/C18H14N6O2/c19-15(25)16-21-12-8-4-7-11(14(12)23-16)17(26)24-18-20-9-13(22-18)10-5-2-1-3-6-10/h1-9H,(H2,19,25)(H,21,23)(H2,20,22,24,26). The van der Waals surface area contributed by atoms with E-state index in [0.717, 1.165) is 11.3 Å². The van der Waals surface area contributed by atoms with Crippen LogP contribution in [0.15, 0.2) is 54.7 Å². The number of anilines is 1. The molecular weight excluding hydrogens is 332 g/mol. The molecule has 0 radical (unpaired) electrons. The third-order valence-corrected chi connectivity index (χ3v) is 3.88. The monoisotopic (exact) mass is 346 g/mol. The molecule has 0 spiro atoms. The van der Waals surface area contributed by atoms with Gasteiger partial charge in [-0.05, 0) is 17.7 Å². The van der Waals surface area contributed by atoms with E-state index < -0.39 is 11.8 Å². The summed E-state index contributed by atoms with van der Waals surface area (Å²) in [5, 5.41) is 2.70. The number of nitrogens with one attached hydrogen (secondary N) is 3. The molecule has 0 saturated heterocycles. The van der Waals surface area contributed by atoms with Gasteiger partial charge >= 0.3 is 0 Å². The van der Waals surface area contributed by atoms with Gasteiger partial charge in [0.1, 0.15) is 5.52 Å². The second-order valence-electron chi connectivity index (χ2n) is 5.62. The molecule has 4 rings (SSSR count). The van der Waals surface area contributed by atoms with E-state index >= 15 is 0 Å². The number of carbonyl (C=O) groups excluding carboxylic acids is 2. The summed E-state index contributed by atoms with van der Waals surface area (Å²) in [6, 6.07) is 14.7. The van der Waals surface area contributed by atoms with Crippen molar-refractivity contribution in [3.8, 4) is 11.3 Å². The Kier molecular flexibility index (Phi) is 3.70. The number of aromatic nitrogens is 4. The van der Waals surface area contributed by atoms with Crippen LogP contribution in [0.3, 0.4) is 0 Å². The highest BCUT2D eigenvalue weighted by molar-refractivity contribution is 6.11. The number of nitrogens with zero attached hydrogens (tertiary/aromatic N) is 2. The minimum Gasteiger partial charge on any atom is -0.363 e. The third kappa shape index (κ3) is 2.80. The molecule has 0 aliphatic rings. The Balaban J connectivity index is 1.62. The number of para-hydroxylation sites is 1. The second kappa shape index (κ2) is 6.17.